The molecule has 0 heterocycles. The lowest BCUT2D eigenvalue weighted by Gasteiger charge is -2.14. The fourth-order valence-electron chi connectivity index (χ4n) is 2.75. The van der Waals surface area contributed by atoms with Gasteiger partial charge in [-0.2, -0.15) is 0 Å². The predicted octanol–water partition coefficient (Wildman–Crippen LogP) is 6.29. The Kier molecular flexibility index (Phi) is 7.44. The molecule has 1 amide bonds. The van der Waals surface area contributed by atoms with Crippen molar-refractivity contribution in [3.05, 3.63) is 82.9 Å². The number of ether oxygens (including phenoxy) is 2. The second-order valence-corrected chi connectivity index (χ2v) is 7.45. The van der Waals surface area contributed by atoms with Crippen molar-refractivity contribution in [2.45, 2.75) is 18.4 Å². The fourth-order valence-corrected chi connectivity index (χ4v) is 3.40. The van der Waals surface area contributed by atoms with E-state index in [2.05, 4.69) is 5.32 Å². The molecule has 6 heteroatoms. The van der Waals surface area contributed by atoms with Crippen LogP contribution in [0.25, 0.3) is 0 Å². The van der Waals surface area contributed by atoms with Crippen molar-refractivity contribution in [2.75, 3.05) is 18.2 Å². The number of hydrogen-bond donors (Lipinski definition) is 1. The zero-order chi connectivity index (χ0) is 20.6. The van der Waals surface area contributed by atoms with Gasteiger partial charge in [-0.05, 0) is 61.7 Å². The van der Waals surface area contributed by atoms with Crippen LogP contribution in [-0.2, 0) is 6.61 Å². The van der Waals surface area contributed by atoms with Crippen molar-refractivity contribution in [3.8, 4) is 11.5 Å². The summed E-state index contributed by atoms with van der Waals surface area (Å²) in [5, 5.41) is 3.47. The van der Waals surface area contributed by atoms with Crippen LogP contribution < -0.4 is 14.8 Å². The van der Waals surface area contributed by atoms with Crippen molar-refractivity contribution < 1.29 is 14.3 Å². The molecule has 29 heavy (non-hydrogen) atoms. The van der Waals surface area contributed by atoms with E-state index in [0.29, 0.717) is 28.7 Å². The average Bonchev–Trinajstić information content (AvgIpc) is 2.74. The number of rotatable bonds is 8. The van der Waals surface area contributed by atoms with E-state index in [1.54, 1.807) is 42.1 Å². The summed E-state index contributed by atoms with van der Waals surface area (Å²) in [6.07, 6.45) is 2.00. The minimum absolute atomic E-state index is 0.190. The smallest absolute Gasteiger partial charge is 0.255 e. The molecular weight excluding hydrogens is 406 g/mol. The van der Waals surface area contributed by atoms with Gasteiger partial charge in [0.1, 0.15) is 18.1 Å². The van der Waals surface area contributed by atoms with Gasteiger partial charge in [0.2, 0.25) is 0 Å². The van der Waals surface area contributed by atoms with Gasteiger partial charge >= 0.3 is 0 Å². The normalized spacial score (nSPS) is 10.4. The van der Waals surface area contributed by atoms with Gasteiger partial charge in [-0.1, -0.05) is 29.8 Å². The molecule has 3 aromatic carbocycles. The number of thioether (sulfide) groups is 1. The lowest BCUT2D eigenvalue weighted by molar-refractivity contribution is 0.102. The van der Waals surface area contributed by atoms with Crippen LogP contribution in [0.5, 0.6) is 11.5 Å². The summed E-state index contributed by atoms with van der Waals surface area (Å²) in [5.41, 5.74) is 2.06. The van der Waals surface area contributed by atoms with Gasteiger partial charge in [-0.3, -0.25) is 4.79 Å². The number of benzene rings is 3. The van der Waals surface area contributed by atoms with E-state index in [0.717, 1.165) is 16.1 Å². The van der Waals surface area contributed by atoms with Gasteiger partial charge in [0, 0.05) is 21.7 Å². The number of hydrogen-bond acceptors (Lipinski definition) is 4. The largest absolute Gasteiger partial charge is 0.493 e. The predicted molar refractivity (Wildman–Crippen MR) is 120 cm³/mol. The highest BCUT2D eigenvalue weighted by Gasteiger charge is 2.12. The van der Waals surface area contributed by atoms with E-state index in [-0.39, 0.29) is 12.5 Å². The lowest BCUT2D eigenvalue weighted by Crippen LogP contribution is -2.13. The number of carbonyl (C=O) groups is 1. The molecule has 0 bridgehead atoms. The second kappa shape index (κ2) is 10.2. The molecule has 4 nitrogen and oxygen atoms in total. The third-order valence-electron chi connectivity index (χ3n) is 4.17. The standard InChI is InChI=1S/C23H22ClNO3S/c1-3-27-21-12-11-16(23(26)25-18-7-6-8-19(14-18)29-2)13-17(21)15-28-22-10-5-4-9-20(22)24/h4-14H,3,15H2,1-2H3,(H,25,26). The molecule has 0 fully saturated rings. The Morgan fingerprint density at radius 1 is 1.00 bits per heavy atom. The van der Waals surface area contributed by atoms with Crippen LogP contribution in [0.15, 0.2) is 71.6 Å². The highest BCUT2D eigenvalue weighted by atomic mass is 35.5. The molecule has 150 valence electrons. The summed E-state index contributed by atoms with van der Waals surface area (Å²) in [4.78, 5) is 13.8. The maximum absolute atomic E-state index is 12.7. The molecule has 0 aliphatic heterocycles. The van der Waals surface area contributed by atoms with Crippen LogP contribution in [0, 0.1) is 0 Å². The van der Waals surface area contributed by atoms with Crippen molar-refractivity contribution in [2.24, 2.45) is 0 Å². The van der Waals surface area contributed by atoms with Gasteiger partial charge < -0.3 is 14.8 Å². The number of nitrogens with one attached hydrogen (secondary N) is 1. The molecule has 0 saturated carbocycles. The van der Waals surface area contributed by atoms with Crippen molar-refractivity contribution >= 4 is 35.0 Å². The Balaban J connectivity index is 1.79. The molecule has 0 aliphatic rings. The quantitative estimate of drug-likeness (QED) is 0.429. The number of amides is 1. The minimum Gasteiger partial charge on any atom is -0.493 e. The highest BCUT2D eigenvalue weighted by molar-refractivity contribution is 7.98. The molecule has 0 radical (unpaired) electrons. The van der Waals surface area contributed by atoms with Gasteiger partial charge in [0.15, 0.2) is 0 Å². The van der Waals surface area contributed by atoms with Crippen molar-refractivity contribution in [3.63, 3.8) is 0 Å². The summed E-state index contributed by atoms with van der Waals surface area (Å²) < 4.78 is 11.5. The average molecular weight is 428 g/mol. The molecule has 3 aromatic rings. The van der Waals surface area contributed by atoms with Crippen LogP contribution in [-0.4, -0.2) is 18.8 Å². The second-order valence-electron chi connectivity index (χ2n) is 6.16. The molecule has 0 atom stereocenters. The fraction of sp³-hybridized carbons (Fsp3) is 0.174. The summed E-state index contributed by atoms with van der Waals surface area (Å²) in [5.74, 6) is 1.08. The van der Waals surface area contributed by atoms with E-state index >= 15 is 0 Å². The van der Waals surface area contributed by atoms with Crippen LogP contribution in [0.1, 0.15) is 22.8 Å². The highest BCUT2D eigenvalue weighted by Crippen LogP contribution is 2.27. The minimum atomic E-state index is -0.190. The number of carbonyl (C=O) groups excluding carboxylic acids is 1. The molecule has 3 rings (SSSR count). The van der Waals surface area contributed by atoms with E-state index in [1.807, 2.05) is 49.6 Å². The Bertz CT molecular complexity index is 993. The van der Waals surface area contributed by atoms with E-state index in [1.165, 1.54) is 0 Å². The summed E-state index contributed by atoms with van der Waals surface area (Å²) in [6, 6.07) is 20.3. The summed E-state index contributed by atoms with van der Waals surface area (Å²) in [6.45, 7) is 2.67. The third kappa shape index (κ3) is 5.68. The molecule has 0 unspecified atom stereocenters. The Morgan fingerprint density at radius 2 is 1.83 bits per heavy atom. The SMILES string of the molecule is CCOc1ccc(C(=O)Nc2cccc(SC)c2)cc1COc1ccccc1Cl. The van der Waals surface area contributed by atoms with Gasteiger partial charge in [0.25, 0.3) is 5.91 Å². The molecule has 1 N–H and O–H groups in total. The Hall–Kier alpha value is -2.63. The Labute approximate surface area is 180 Å². The maximum Gasteiger partial charge on any atom is 0.255 e. The lowest BCUT2D eigenvalue weighted by atomic mass is 10.1. The van der Waals surface area contributed by atoms with Gasteiger partial charge in [-0.25, -0.2) is 0 Å². The van der Waals surface area contributed by atoms with Crippen LogP contribution >= 0.6 is 23.4 Å². The van der Waals surface area contributed by atoms with Crippen molar-refractivity contribution in [1.29, 1.82) is 0 Å². The number of para-hydroxylation sites is 1. The zero-order valence-corrected chi connectivity index (χ0v) is 17.8. The molecule has 0 aromatic heterocycles. The summed E-state index contributed by atoms with van der Waals surface area (Å²) in [7, 11) is 0. The molecule has 0 aliphatic carbocycles. The van der Waals surface area contributed by atoms with Crippen LogP contribution in [0.2, 0.25) is 5.02 Å². The number of anilines is 1. The first-order valence-electron chi connectivity index (χ1n) is 9.19. The maximum atomic E-state index is 12.7. The van der Waals surface area contributed by atoms with E-state index < -0.39 is 0 Å². The molecule has 0 saturated heterocycles. The first-order valence-corrected chi connectivity index (χ1v) is 10.8. The topological polar surface area (TPSA) is 47.6 Å². The monoisotopic (exact) mass is 427 g/mol. The Morgan fingerprint density at radius 3 is 2.59 bits per heavy atom. The molecular formula is C23H22ClNO3S. The summed E-state index contributed by atoms with van der Waals surface area (Å²) >= 11 is 7.79. The van der Waals surface area contributed by atoms with Crippen molar-refractivity contribution in [1.82, 2.24) is 0 Å². The number of halogens is 1. The first kappa shape index (κ1) is 21.1. The van der Waals surface area contributed by atoms with E-state index in [9.17, 15) is 4.79 Å². The van der Waals surface area contributed by atoms with Crippen LogP contribution in [0.4, 0.5) is 5.69 Å². The van der Waals surface area contributed by atoms with Gasteiger partial charge in [-0.15, -0.1) is 11.8 Å². The first-order chi connectivity index (χ1) is 14.1. The van der Waals surface area contributed by atoms with E-state index in [4.69, 9.17) is 21.1 Å². The third-order valence-corrected chi connectivity index (χ3v) is 5.21. The zero-order valence-electron chi connectivity index (χ0n) is 16.3. The van der Waals surface area contributed by atoms with Gasteiger partial charge in [0.05, 0.1) is 11.6 Å². The van der Waals surface area contributed by atoms with Crippen LogP contribution in [0.3, 0.4) is 0 Å². The molecule has 0 spiro atoms.